The Labute approximate surface area is 270 Å². The molecule has 1 aromatic heterocycles. The average molecular weight is 651 g/mol. The first kappa shape index (κ1) is 33.1. The third-order valence-corrected chi connectivity index (χ3v) is 9.99. The molecule has 3 aromatic rings. The highest BCUT2D eigenvalue weighted by Gasteiger charge is 2.31. The molecule has 2 aromatic carbocycles. The molecule has 0 fully saturated rings. The number of rotatable bonds is 4. The van der Waals surface area contributed by atoms with Crippen LogP contribution in [-0.2, 0) is 37.4 Å². The summed E-state index contributed by atoms with van der Waals surface area (Å²) in [5.41, 5.74) is 2.32. The van der Waals surface area contributed by atoms with E-state index < -0.39 is 28.5 Å². The summed E-state index contributed by atoms with van der Waals surface area (Å²) in [6.07, 6.45) is 5.61. The fourth-order valence-electron chi connectivity index (χ4n) is 5.93. The van der Waals surface area contributed by atoms with Gasteiger partial charge in [-0.3, -0.25) is 14.4 Å². The van der Waals surface area contributed by atoms with Gasteiger partial charge in [-0.15, -0.1) is 0 Å². The van der Waals surface area contributed by atoms with Gasteiger partial charge >= 0.3 is 0 Å². The molecule has 246 valence electrons. The number of hydrogen-bond donors (Lipinski definition) is 2. The Kier molecular flexibility index (Phi) is 10.4. The van der Waals surface area contributed by atoms with Gasteiger partial charge in [-0.1, -0.05) is 26.0 Å². The van der Waals surface area contributed by atoms with E-state index in [9.17, 15) is 22.8 Å². The summed E-state index contributed by atoms with van der Waals surface area (Å²) < 4.78 is 37.2. The lowest BCUT2D eigenvalue weighted by atomic mass is 10.0. The molecule has 2 aliphatic rings. The first-order chi connectivity index (χ1) is 22.0. The second-order valence-corrected chi connectivity index (χ2v) is 14.1. The predicted molar refractivity (Wildman–Crippen MR) is 174 cm³/mol. The van der Waals surface area contributed by atoms with Gasteiger partial charge in [0.1, 0.15) is 17.6 Å². The number of hydrogen-bond acceptors (Lipinski definition) is 7. The molecular weight excluding hydrogens is 608 g/mol. The number of anilines is 1. The van der Waals surface area contributed by atoms with Gasteiger partial charge in [0.25, 0.3) is 0 Å². The Bertz CT molecular complexity index is 1690. The zero-order valence-corrected chi connectivity index (χ0v) is 27.4. The number of sulfonamides is 1. The van der Waals surface area contributed by atoms with E-state index in [0.29, 0.717) is 50.3 Å². The van der Waals surface area contributed by atoms with Gasteiger partial charge in [0.05, 0.1) is 18.0 Å². The number of aromatic nitrogens is 2. The smallest absolute Gasteiger partial charge is 0.243 e. The first-order valence-electron chi connectivity index (χ1n) is 15.8. The van der Waals surface area contributed by atoms with E-state index in [4.69, 9.17) is 4.74 Å². The molecule has 46 heavy (non-hydrogen) atoms. The van der Waals surface area contributed by atoms with Crippen LogP contribution >= 0.6 is 0 Å². The zero-order chi connectivity index (χ0) is 32.8. The van der Waals surface area contributed by atoms with Gasteiger partial charge < -0.3 is 24.8 Å². The standard InChI is InChI=1S/C33H42N6O6S/c1-23(2)19-29-33(42)35-13-17-37-16-12-34-32(37)26-7-4-9-27(20-26)45-18-6-14-38(22-31(41)36-29)46(43,44)28-10-11-30-25(21-28)8-5-15-39(30)24(3)40/h4,7,9-12,16,20-21,23,29H,5-6,8,13-15,17-19,22H2,1-3H3,(H,35,42)(H,36,41)/t29-/m1/s1. The molecule has 0 unspecified atom stereocenters. The molecular formula is C33H42N6O6S. The molecule has 2 aliphatic heterocycles. The Balaban J connectivity index is 1.43. The monoisotopic (exact) mass is 650 g/mol. The van der Waals surface area contributed by atoms with E-state index in [-0.39, 0.29) is 35.8 Å². The van der Waals surface area contributed by atoms with Crippen molar-refractivity contribution in [2.45, 2.75) is 63.9 Å². The number of carbonyl (C=O) groups is 3. The maximum atomic E-state index is 14.1. The lowest BCUT2D eigenvalue weighted by molar-refractivity contribution is -0.129. The van der Waals surface area contributed by atoms with Crippen LogP contribution in [0.4, 0.5) is 5.69 Å². The average Bonchev–Trinajstić information content (AvgIpc) is 3.49. The third kappa shape index (κ3) is 7.76. The van der Waals surface area contributed by atoms with Crippen LogP contribution in [0.3, 0.4) is 0 Å². The molecule has 0 aliphatic carbocycles. The lowest BCUT2D eigenvalue weighted by Gasteiger charge is -2.29. The molecule has 0 saturated carbocycles. The quantitative estimate of drug-likeness (QED) is 0.442. The van der Waals surface area contributed by atoms with Crippen molar-refractivity contribution in [3.63, 3.8) is 0 Å². The van der Waals surface area contributed by atoms with Crippen molar-refractivity contribution in [2.24, 2.45) is 5.92 Å². The summed E-state index contributed by atoms with van der Waals surface area (Å²) in [6.45, 7) is 6.51. The van der Waals surface area contributed by atoms with Crippen LogP contribution in [-0.4, -0.2) is 78.8 Å². The van der Waals surface area contributed by atoms with Crippen molar-refractivity contribution < 1.29 is 27.5 Å². The van der Waals surface area contributed by atoms with Crippen LogP contribution in [0, 0.1) is 5.92 Å². The Morgan fingerprint density at radius 1 is 1.09 bits per heavy atom. The fraction of sp³-hybridized carbons (Fsp3) is 0.455. The van der Waals surface area contributed by atoms with Crippen LogP contribution in [0.25, 0.3) is 11.4 Å². The normalized spacial score (nSPS) is 18.8. The molecule has 3 amide bonds. The molecule has 2 bridgehead atoms. The van der Waals surface area contributed by atoms with Crippen molar-refractivity contribution in [1.29, 1.82) is 0 Å². The van der Waals surface area contributed by atoms with Crippen LogP contribution in [0.2, 0.25) is 0 Å². The number of aryl methyl sites for hydroxylation is 1. The highest BCUT2D eigenvalue weighted by molar-refractivity contribution is 7.89. The molecule has 0 radical (unpaired) electrons. The van der Waals surface area contributed by atoms with Gasteiger partial charge in [0.2, 0.25) is 27.7 Å². The van der Waals surface area contributed by atoms with Crippen LogP contribution in [0.15, 0.2) is 59.8 Å². The third-order valence-electron chi connectivity index (χ3n) is 8.15. The SMILES string of the molecule is CC(=O)N1CCCc2cc(S(=O)(=O)N3CCCOc4cccc(c4)-c4nccn4CCNC(=O)[C@@H](CC(C)C)NC(=O)C3)ccc21. The van der Waals surface area contributed by atoms with Crippen molar-refractivity contribution in [3.05, 3.63) is 60.4 Å². The van der Waals surface area contributed by atoms with Gasteiger partial charge in [0, 0.05) is 56.7 Å². The molecule has 1 atom stereocenters. The van der Waals surface area contributed by atoms with Crippen LogP contribution < -0.4 is 20.3 Å². The highest BCUT2D eigenvalue weighted by atomic mass is 32.2. The Morgan fingerprint density at radius 3 is 2.70 bits per heavy atom. The number of benzene rings is 2. The van der Waals surface area contributed by atoms with Crippen molar-refractivity contribution in [1.82, 2.24) is 24.5 Å². The minimum Gasteiger partial charge on any atom is -0.494 e. The maximum absolute atomic E-state index is 14.1. The predicted octanol–water partition coefficient (Wildman–Crippen LogP) is 2.97. The van der Waals surface area contributed by atoms with Gasteiger partial charge in [-0.25, -0.2) is 13.4 Å². The summed E-state index contributed by atoms with van der Waals surface area (Å²) >= 11 is 0. The van der Waals surface area contributed by atoms with Crippen LogP contribution in [0.5, 0.6) is 5.75 Å². The number of carbonyl (C=O) groups excluding carboxylic acids is 3. The van der Waals surface area contributed by atoms with E-state index in [0.717, 1.165) is 27.7 Å². The molecule has 13 heteroatoms. The maximum Gasteiger partial charge on any atom is 0.243 e. The molecule has 5 rings (SSSR count). The van der Waals surface area contributed by atoms with Crippen LogP contribution in [0.1, 0.15) is 45.6 Å². The molecule has 0 saturated heterocycles. The van der Waals surface area contributed by atoms with Gasteiger partial charge in [-0.2, -0.15) is 4.31 Å². The molecule has 0 spiro atoms. The second kappa shape index (κ2) is 14.5. The summed E-state index contributed by atoms with van der Waals surface area (Å²) in [5, 5.41) is 5.71. The van der Waals surface area contributed by atoms with E-state index in [1.165, 1.54) is 13.0 Å². The molecule has 2 N–H and O–H groups in total. The Morgan fingerprint density at radius 2 is 1.91 bits per heavy atom. The fourth-order valence-corrected chi connectivity index (χ4v) is 7.41. The Hall–Kier alpha value is -4.23. The summed E-state index contributed by atoms with van der Waals surface area (Å²) in [7, 11) is -4.13. The number of nitrogens with one attached hydrogen (secondary N) is 2. The van der Waals surface area contributed by atoms with Crippen molar-refractivity contribution >= 4 is 33.4 Å². The highest BCUT2D eigenvalue weighted by Crippen LogP contribution is 2.31. The number of imidazole rings is 1. The second-order valence-electron chi connectivity index (χ2n) is 12.1. The van der Waals surface area contributed by atoms with E-state index in [1.807, 2.05) is 48.9 Å². The molecule has 12 nitrogen and oxygen atoms in total. The largest absolute Gasteiger partial charge is 0.494 e. The summed E-state index contributed by atoms with van der Waals surface area (Å²) in [4.78, 5) is 45.0. The topological polar surface area (TPSA) is 143 Å². The number of ether oxygens (including phenoxy) is 1. The summed E-state index contributed by atoms with van der Waals surface area (Å²) in [6, 6.07) is 11.4. The summed E-state index contributed by atoms with van der Waals surface area (Å²) in [5.74, 6) is 0.424. The number of nitrogens with zero attached hydrogens (tertiary/aromatic N) is 4. The van der Waals surface area contributed by atoms with E-state index in [1.54, 1.807) is 23.2 Å². The zero-order valence-electron chi connectivity index (χ0n) is 26.6. The van der Waals surface area contributed by atoms with Gasteiger partial charge in [-0.05, 0) is 67.5 Å². The number of amides is 3. The first-order valence-corrected chi connectivity index (χ1v) is 17.2. The van der Waals surface area contributed by atoms with Crippen molar-refractivity contribution in [3.8, 4) is 17.1 Å². The van der Waals surface area contributed by atoms with E-state index >= 15 is 0 Å². The minimum absolute atomic E-state index is 0.0115. The van der Waals surface area contributed by atoms with Crippen molar-refractivity contribution in [2.75, 3.05) is 37.7 Å². The minimum atomic E-state index is -4.13. The number of fused-ring (bicyclic) bond motifs is 5. The lowest BCUT2D eigenvalue weighted by Crippen LogP contribution is -2.51. The van der Waals surface area contributed by atoms with Gasteiger partial charge in [0.15, 0.2) is 0 Å². The van der Waals surface area contributed by atoms with E-state index in [2.05, 4.69) is 15.6 Å². The molecule has 3 heterocycles.